The summed E-state index contributed by atoms with van der Waals surface area (Å²) in [4.78, 5) is 0. The third-order valence-electron chi connectivity index (χ3n) is 4.06. The second kappa shape index (κ2) is 7.05. The summed E-state index contributed by atoms with van der Waals surface area (Å²) in [6.45, 7) is 3.11. The van der Waals surface area contributed by atoms with Crippen molar-refractivity contribution in [1.82, 2.24) is 9.78 Å². The maximum Gasteiger partial charge on any atom is 0.118 e. The SMILES string of the molecule is CCCCCn1nc2c(Cl)cccc2c1-c1ccc(OC)cc1. The highest BCUT2D eigenvalue weighted by molar-refractivity contribution is 6.35. The van der Waals surface area contributed by atoms with Gasteiger partial charge in [-0.1, -0.05) is 43.5 Å². The Bertz CT molecular complexity index is 793. The van der Waals surface area contributed by atoms with Gasteiger partial charge in [0, 0.05) is 17.5 Å². The molecule has 0 aliphatic carbocycles. The maximum atomic E-state index is 6.34. The van der Waals surface area contributed by atoms with Gasteiger partial charge in [-0.2, -0.15) is 5.10 Å². The molecule has 0 spiro atoms. The molecule has 23 heavy (non-hydrogen) atoms. The Hall–Kier alpha value is -2.00. The van der Waals surface area contributed by atoms with Gasteiger partial charge in [0.25, 0.3) is 0 Å². The zero-order chi connectivity index (χ0) is 16.2. The molecule has 0 N–H and O–H groups in total. The predicted octanol–water partition coefficient (Wildman–Crippen LogP) is 5.56. The van der Waals surface area contributed by atoms with Gasteiger partial charge in [0.05, 0.1) is 17.8 Å². The molecule has 0 radical (unpaired) electrons. The molecule has 0 aliphatic heterocycles. The Balaban J connectivity index is 2.10. The smallest absolute Gasteiger partial charge is 0.118 e. The standard InChI is InChI=1S/C19H21ClN2O/c1-3-4-5-13-22-19(14-9-11-15(23-2)12-10-14)16-7-6-8-17(20)18(16)21-22/h6-12H,3-5,13H2,1-2H3. The first-order valence-corrected chi connectivity index (χ1v) is 8.42. The van der Waals surface area contributed by atoms with Crippen molar-refractivity contribution in [3.05, 3.63) is 47.5 Å². The molecule has 0 atom stereocenters. The van der Waals surface area contributed by atoms with E-state index < -0.39 is 0 Å². The highest BCUT2D eigenvalue weighted by Crippen LogP contribution is 2.33. The minimum absolute atomic E-state index is 0.700. The molecule has 3 rings (SSSR count). The Morgan fingerprint density at radius 3 is 2.57 bits per heavy atom. The van der Waals surface area contributed by atoms with Gasteiger partial charge in [-0.3, -0.25) is 4.68 Å². The van der Waals surface area contributed by atoms with Crippen molar-refractivity contribution in [2.24, 2.45) is 0 Å². The Morgan fingerprint density at radius 1 is 1.09 bits per heavy atom. The van der Waals surface area contributed by atoms with E-state index in [4.69, 9.17) is 21.4 Å². The first-order chi connectivity index (χ1) is 11.2. The van der Waals surface area contributed by atoms with E-state index in [1.54, 1.807) is 7.11 Å². The van der Waals surface area contributed by atoms with E-state index in [-0.39, 0.29) is 0 Å². The van der Waals surface area contributed by atoms with Gasteiger partial charge in [0.2, 0.25) is 0 Å². The van der Waals surface area contributed by atoms with Gasteiger partial charge in [0.15, 0.2) is 0 Å². The molecule has 3 nitrogen and oxygen atoms in total. The zero-order valence-electron chi connectivity index (χ0n) is 13.6. The first kappa shape index (κ1) is 15.9. The Labute approximate surface area is 141 Å². The van der Waals surface area contributed by atoms with Crippen molar-refractivity contribution in [2.45, 2.75) is 32.7 Å². The Kier molecular flexibility index (Phi) is 4.87. The van der Waals surface area contributed by atoms with Crippen molar-refractivity contribution >= 4 is 22.5 Å². The molecule has 2 aromatic carbocycles. The third-order valence-corrected chi connectivity index (χ3v) is 4.36. The van der Waals surface area contributed by atoms with E-state index in [1.807, 2.05) is 24.3 Å². The van der Waals surface area contributed by atoms with Crippen molar-refractivity contribution < 1.29 is 4.74 Å². The number of methoxy groups -OCH3 is 1. The normalized spacial score (nSPS) is 11.1. The minimum atomic E-state index is 0.700. The molecular formula is C19H21ClN2O. The number of aromatic nitrogens is 2. The topological polar surface area (TPSA) is 27.1 Å². The van der Waals surface area contributed by atoms with E-state index in [0.717, 1.165) is 40.9 Å². The third kappa shape index (κ3) is 3.20. The van der Waals surface area contributed by atoms with Crippen LogP contribution in [0.5, 0.6) is 5.75 Å². The molecule has 0 saturated heterocycles. The molecule has 0 fully saturated rings. The average molecular weight is 329 g/mol. The number of benzene rings is 2. The summed E-state index contributed by atoms with van der Waals surface area (Å²) in [5.74, 6) is 0.855. The lowest BCUT2D eigenvalue weighted by Crippen LogP contribution is -2.02. The summed E-state index contributed by atoms with van der Waals surface area (Å²) in [5.41, 5.74) is 3.13. The van der Waals surface area contributed by atoms with Crippen LogP contribution in [0.4, 0.5) is 0 Å². The molecule has 0 unspecified atom stereocenters. The number of nitrogens with zero attached hydrogens (tertiary/aromatic N) is 2. The van der Waals surface area contributed by atoms with Crippen molar-refractivity contribution in [3.63, 3.8) is 0 Å². The fraction of sp³-hybridized carbons (Fsp3) is 0.316. The van der Waals surface area contributed by atoms with Gasteiger partial charge in [-0.15, -0.1) is 0 Å². The number of hydrogen-bond acceptors (Lipinski definition) is 2. The predicted molar refractivity (Wildman–Crippen MR) is 96.3 cm³/mol. The molecule has 0 bridgehead atoms. The summed E-state index contributed by atoms with van der Waals surface area (Å²) < 4.78 is 7.35. The van der Waals surface area contributed by atoms with Crippen LogP contribution in [0, 0.1) is 0 Å². The lowest BCUT2D eigenvalue weighted by molar-refractivity contribution is 0.415. The molecule has 0 amide bonds. The van der Waals surface area contributed by atoms with Crippen LogP contribution in [0.15, 0.2) is 42.5 Å². The van der Waals surface area contributed by atoms with E-state index in [9.17, 15) is 0 Å². The van der Waals surface area contributed by atoms with Gasteiger partial charge in [0.1, 0.15) is 11.3 Å². The van der Waals surface area contributed by atoms with Crippen molar-refractivity contribution in [1.29, 1.82) is 0 Å². The summed E-state index contributed by atoms with van der Waals surface area (Å²) in [6.07, 6.45) is 3.51. The van der Waals surface area contributed by atoms with E-state index in [1.165, 1.54) is 12.8 Å². The highest BCUT2D eigenvalue weighted by atomic mass is 35.5. The molecule has 0 saturated carbocycles. The number of fused-ring (bicyclic) bond motifs is 1. The van der Waals surface area contributed by atoms with E-state index >= 15 is 0 Å². The number of halogens is 1. The summed E-state index contributed by atoms with van der Waals surface area (Å²) in [6, 6.07) is 14.1. The van der Waals surface area contributed by atoms with Gasteiger partial charge in [-0.25, -0.2) is 0 Å². The molecule has 1 heterocycles. The summed E-state index contributed by atoms with van der Waals surface area (Å²) in [5, 5.41) is 6.55. The molecule has 4 heteroatoms. The van der Waals surface area contributed by atoms with Crippen LogP contribution in [0.25, 0.3) is 22.2 Å². The molecule has 120 valence electrons. The van der Waals surface area contributed by atoms with Crippen LogP contribution in [0.3, 0.4) is 0 Å². The van der Waals surface area contributed by atoms with Gasteiger partial charge >= 0.3 is 0 Å². The van der Waals surface area contributed by atoms with E-state index in [2.05, 4.69) is 29.8 Å². The fourth-order valence-corrected chi connectivity index (χ4v) is 3.06. The molecule has 3 aromatic rings. The van der Waals surface area contributed by atoms with Crippen LogP contribution < -0.4 is 4.74 Å². The monoisotopic (exact) mass is 328 g/mol. The molecule has 1 aromatic heterocycles. The summed E-state index contributed by atoms with van der Waals surface area (Å²) in [7, 11) is 1.68. The number of aryl methyl sites for hydroxylation is 1. The first-order valence-electron chi connectivity index (χ1n) is 8.04. The van der Waals surface area contributed by atoms with Crippen molar-refractivity contribution in [3.8, 4) is 17.0 Å². The van der Waals surface area contributed by atoms with Crippen LogP contribution in [0.1, 0.15) is 26.2 Å². The molecular weight excluding hydrogens is 308 g/mol. The zero-order valence-corrected chi connectivity index (χ0v) is 14.3. The molecule has 0 aliphatic rings. The Morgan fingerprint density at radius 2 is 1.87 bits per heavy atom. The lowest BCUT2D eigenvalue weighted by Gasteiger charge is -2.09. The highest BCUT2D eigenvalue weighted by Gasteiger charge is 2.15. The van der Waals surface area contributed by atoms with Crippen molar-refractivity contribution in [2.75, 3.05) is 7.11 Å². The van der Waals surface area contributed by atoms with Gasteiger partial charge in [-0.05, 0) is 36.8 Å². The van der Waals surface area contributed by atoms with Crippen LogP contribution in [-0.4, -0.2) is 16.9 Å². The number of ether oxygens (including phenoxy) is 1. The largest absolute Gasteiger partial charge is 0.497 e. The summed E-state index contributed by atoms with van der Waals surface area (Å²) >= 11 is 6.34. The number of rotatable bonds is 6. The van der Waals surface area contributed by atoms with Gasteiger partial charge < -0.3 is 4.74 Å². The average Bonchev–Trinajstić information content (AvgIpc) is 2.95. The lowest BCUT2D eigenvalue weighted by atomic mass is 10.1. The van der Waals surface area contributed by atoms with Crippen LogP contribution in [0.2, 0.25) is 5.02 Å². The second-order valence-electron chi connectivity index (χ2n) is 5.64. The van der Waals surface area contributed by atoms with Crippen LogP contribution in [-0.2, 0) is 6.54 Å². The second-order valence-corrected chi connectivity index (χ2v) is 6.05. The quantitative estimate of drug-likeness (QED) is 0.554. The maximum absolute atomic E-state index is 6.34. The minimum Gasteiger partial charge on any atom is -0.497 e. The number of hydrogen-bond donors (Lipinski definition) is 0. The fourth-order valence-electron chi connectivity index (χ4n) is 2.84. The number of unbranched alkanes of at least 4 members (excludes halogenated alkanes) is 2. The van der Waals surface area contributed by atoms with Crippen LogP contribution >= 0.6 is 11.6 Å². The van der Waals surface area contributed by atoms with E-state index in [0.29, 0.717) is 5.02 Å².